The Hall–Kier alpha value is -0.950. The summed E-state index contributed by atoms with van der Waals surface area (Å²) in [4.78, 5) is 50.6. The predicted octanol–water partition coefficient (Wildman–Crippen LogP) is -1.43. The third-order valence-electron chi connectivity index (χ3n) is 1.96. The van der Waals surface area contributed by atoms with Gasteiger partial charge in [-0.3, -0.25) is 9.13 Å². The van der Waals surface area contributed by atoms with Gasteiger partial charge in [-0.05, 0) is 6.07 Å². The predicted molar refractivity (Wildman–Crippen MR) is 83.6 cm³/mol. The van der Waals surface area contributed by atoms with Gasteiger partial charge in [0.25, 0.3) is 0 Å². The molecule has 0 aliphatic rings. The Labute approximate surface area is 152 Å². The SMILES string of the molecule is [2H]C([2H])(O)C([2H])(OCP(=O)(O)OP(=O)(O)OP(=O)(O)O)C([2H])([2H])n1ccc(N)nc1=O. The number of nitrogens with two attached hydrogens (primary N) is 1. The van der Waals surface area contributed by atoms with Crippen molar-refractivity contribution < 1.29 is 58.6 Å². The number of hydrogen-bond donors (Lipinski definition) is 6. The van der Waals surface area contributed by atoms with Gasteiger partial charge in [-0.25, -0.2) is 18.2 Å². The van der Waals surface area contributed by atoms with Crippen LogP contribution in [0.2, 0.25) is 0 Å². The fourth-order valence-corrected chi connectivity index (χ4v) is 4.41. The van der Waals surface area contributed by atoms with Gasteiger partial charge in [-0.1, -0.05) is 0 Å². The summed E-state index contributed by atoms with van der Waals surface area (Å²) in [7, 11) is -17.2. The minimum atomic E-state index is -5.92. The molecule has 7 N–H and O–H groups in total. The molecule has 0 amide bonds. The Morgan fingerprint density at radius 1 is 1.31 bits per heavy atom. The van der Waals surface area contributed by atoms with Crippen molar-refractivity contribution in [2.24, 2.45) is 0 Å². The summed E-state index contributed by atoms with van der Waals surface area (Å²) in [6.45, 7) is -7.68. The fourth-order valence-electron chi connectivity index (χ4n) is 1.18. The third kappa shape index (κ3) is 8.62. The lowest BCUT2D eigenvalue weighted by molar-refractivity contribution is 0.0188. The van der Waals surface area contributed by atoms with E-state index in [0.29, 0.717) is 6.20 Å². The molecule has 0 aliphatic heterocycles. The minimum absolute atomic E-state index is 0.0403. The fraction of sp³-hybridized carbons (Fsp3) is 0.500. The van der Waals surface area contributed by atoms with Gasteiger partial charge in [-0.15, -0.1) is 0 Å². The van der Waals surface area contributed by atoms with Crippen molar-refractivity contribution >= 4 is 29.1 Å². The van der Waals surface area contributed by atoms with Crippen molar-refractivity contribution in [1.82, 2.24) is 9.55 Å². The first-order valence-corrected chi connectivity index (χ1v) is 10.7. The number of nitrogen functional groups attached to an aromatic ring is 1. The lowest BCUT2D eigenvalue weighted by Gasteiger charge is -2.20. The summed E-state index contributed by atoms with van der Waals surface area (Å²) in [5.74, 6) is -0.391. The van der Waals surface area contributed by atoms with Crippen LogP contribution in [0, 0.1) is 0 Å². The first-order chi connectivity index (χ1) is 13.5. The lowest BCUT2D eigenvalue weighted by atomic mass is 10.3. The molecule has 3 atom stereocenters. The molecule has 15 nitrogen and oxygen atoms in total. The van der Waals surface area contributed by atoms with Crippen molar-refractivity contribution in [3.8, 4) is 0 Å². The Bertz CT molecular complexity index is 1030. The number of hydrogen-bond acceptors (Lipinski definition) is 10. The first-order valence-electron chi connectivity index (χ1n) is 8.38. The maximum Gasteiger partial charge on any atom is 0.488 e. The summed E-state index contributed by atoms with van der Waals surface area (Å²) in [5.41, 5.74) is 3.75. The zero-order valence-corrected chi connectivity index (χ0v) is 15.0. The zero-order chi connectivity index (χ0) is 24.7. The van der Waals surface area contributed by atoms with E-state index in [1.54, 1.807) is 0 Å². The second kappa shape index (κ2) is 8.83. The molecule has 0 saturated heterocycles. The third-order valence-corrected chi connectivity index (χ3v) is 5.94. The van der Waals surface area contributed by atoms with Gasteiger partial charge in [0.2, 0.25) is 0 Å². The smallest absolute Gasteiger partial charge is 0.394 e. The Balaban J connectivity index is 3.30. The van der Waals surface area contributed by atoms with Gasteiger partial charge in [0.15, 0.2) is 0 Å². The van der Waals surface area contributed by atoms with Crippen LogP contribution in [0.25, 0.3) is 0 Å². The quantitative estimate of drug-likeness (QED) is 0.227. The normalized spacial score (nSPS) is 23.2. The van der Waals surface area contributed by atoms with Crippen LogP contribution in [0.4, 0.5) is 5.82 Å². The summed E-state index contributed by atoms with van der Waals surface area (Å²) in [6.07, 6.45) is -5.33. The maximum absolute atomic E-state index is 11.9. The van der Waals surface area contributed by atoms with E-state index in [2.05, 4.69) is 18.3 Å². The summed E-state index contributed by atoms with van der Waals surface area (Å²) in [5, 5.41) is 9.64. The Kier molecular flexibility index (Phi) is 5.45. The summed E-state index contributed by atoms with van der Waals surface area (Å²) >= 11 is 0. The van der Waals surface area contributed by atoms with Crippen LogP contribution >= 0.6 is 23.2 Å². The monoisotopic (exact) mass is 444 g/mol. The molecule has 150 valence electrons. The molecule has 0 spiro atoms. The lowest BCUT2D eigenvalue weighted by Crippen LogP contribution is -2.32. The maximum atomic E-state index is 11.9. The van der Waals surface area contributed by atoms with Crippen LogP contribution in [0.3, 0.4) is 0 Å². The number of phosphoric acid groups is 2. The number of aromatic nitrogens is 2. The molecule has 1 aromatic rings. The van der Waals surface area contributed by atoms with Gasteiger partial charge >= 0.3 is 28.9 Å². The van der Waals surface area contributed by atoms with E-state index in [1.165, 1.54) is 0 Å². The highest BCUT2D eigenvalue weighted by atomic mass is 31.3. The topological polar surface area (TPSA) is 241 Å². The molecule has 1 rings (SSSR count). The van der Waals surface area contributed by atoms with Crippen LogP contribution in [-0.2, 0) is 33.6 Å². The second-order valence-electron chi connectivity index (χ2n) is 4.09. The average Bonchev–Trinajstić information content (AvgIpc) is 2.47. The number of anilines is 1. The van der Waals surface area contributed by atoms with E-state index in [-0.39, 0.29) is 4.57 Å². The molecular formula is C8H16N3O12P3. The van der Waals surface area contributed by atoms with E-state index in [1.807, 2.05) is 0 Å². The molecule has 0 aromatic carbocycles. The van der Waals surface area contributed by atoms with E-state index in [0.717, 1.165) is 6.07 Å². The molecule has 1 heterocycles. The highest BCUT2D eigenvalue weighted by molar-refractivity contribution is 7.68. The molecule has 0 bridgehead atoms. The van der Waals surface area contributed by atoms with Gasteiger partial charge < -0.3 is 35.2 Å². The van der Waals surface area contributed by atoms with E-state index >= 15 is 0 Å². The van der Waals surface area contributed by atoms with E-state index in [9.17, 15) is 28.5 Å². The number of nitrogens with zero attached hydrogens (tertiary/aromatic N) is 2. The van der Waals surface area contributed by atoms with Crippen molar-refractivity contribution in [3.05, 3.63) is 22.7 Å². The first kappa shape index (κ1) is 16.0. The van der Waals surface area contributed by atoms with Crippen LogP contribution < -0.4 is 11.4 Å². The zero-order valence-electron chi connectivity index (χ0n) is 17.3. The molecule has 1 aromatic heterocycles. The van der Waals surface area contributed by atoms with Crippen molar-refractivity contribution in [3.63, 3.8) is 0 Å². The molecule has 18 heteroatoms. The number of aliphatic hydroxyl groups is 1. The standard InChI is InChI=1S/C8H16N3O12P3/c9-7-1-2-11(8(13)10-7)3-6(4-12)21-5-24(14,15)22-26(19,20)23-25(16,17)18/h1-2,6,12H,3-5H2,(H,14,15)(H,19,20)(H2,9,10,13)(H2,16,17,18)/i3D2,4D2,6D. The number of rotatable bonds is 10. The van der Waals surface area contributed by atoms with Crippen LogP contribution in [0.1, 0.15) is 6.85 Å². The summed E-state index contributed by atoms with van der Waals surface area (Å²) < 4.78 is 83.3. The molecule has 0 aliphatic carbocycles. The van der Waals surface area contributed by atoms with E-state index < -0.39 is 60.2 Å². The Morgan fingerprint density at radius 2 is 1.92 bits per heavy atom. The molecule has 26 heavy (non-hydrogen) atoms. The van der Waals surface area contributed by atoms with E-state index in [4.69, 9.17) is 27.3 Å². The molecule has 0 radical (unpaired) electrons. The van der Waals surface area contributed by atoms with Crippen molar-refractivity contribution in [2.45, 2.75) is 12.6 Å². The largest absolute Gasteiger partial charge is 0.488 e. The van der Waals surface area contributed by atoms with Crippen LogP contribution in [0.15, 0.2) is 17.1 Å². The molecular weight excluding hydrogens is 423 g/mol. The molecule has 0 saturated carbocycles. The van der Waals surface area contributed by atoms with Crippen molar-refractivity contribution in [2.75, 3.05) is 18.6 Å². The number of ether oxygens (including phenoxy) is 1. The molecule has 3 unspecified atom stereocenters. The Morgan fingerprint density at radius 3 is 2.42 bits per heavy atom. The average molecular weight is 444 g/mol. The second-order valence-corrected chi connectivity index (χ2v) is 8.85. The van der Waals surface area contributed by atoms with Crippen LogP contribution in [-0.4, -0.2) is 53.2 Å². The van der Waals surface area contributed by atoms with Gasteiger partial charge in [0.05, 0.1) is 26.0 Å². The highest BCUT2D eigenvalue weighted by Crippen LogP contribution is 2.65. The summed E-state index contributed by atoms with van der Waals surface area (Å²) in [6, 6.07) is 0.855. The molecule has 0 fully saturated rings. The van der Waals surface area contributed by atoms with Crippen molar-refractivity contribution in [1.29, 1.82) is 0 Å². The van der Waals surface area contributed by atoms with Gasteiger partial charge in [0, 0.05) is 6.20 Å². The van der Waals surface area contributed by atoms with Gasteiger partial charge in [0.1, 0.15) is 12.2 Å². The van der Waals surface area contributed by atoms with Gasteiger partial charge in [-0.2, -0.15) is 9.29 Å². The highest BCUT2D eigenvalue weighted by Gasteiger charge is 2.40. The van der Waals surface area contributed by atoms with Crippen LogP contribution in [0.5, 0.6) is 0 Å². The minimum Gasteiger partial charge on any atom is -0.394 e.